The van der Waals surface area contributed by atoms with Crippen LogP contribution in [-0.4, -0.2) is 35.6 Å². The molecule has 130 valence electrons. The molecule has 1 unspecified atom stereocenters. The van der Waals surface area contributed by atoms with Crippen molar-refractivity contribution in [3.8, 4) is 11.5 Å². The van der Waals surface area contributed by atoms with E-state index in [2.05, 4.69) is 25.6 Å². The summed E-state index contributed by atoms with van der Waals surface area (Å²) in [6, 6.07) is 4.04. The fourth-order valence-electron chi connectivity index (χ4n) is 2.59. The Labute approximate surface area is 147 Å². The Morgan fingerprint density at radius 3 is 2.58 bits per heavy atom. The van der Waals surface area contributed by atoms with Gasteiger partial charge in [0, 0.05) is 12.1 Å². The number of rotatable bonds is 8. The first kappa shape index (κ1) is 18.2. The van der Waals surface area contributed by atoms with E-state index in [1.165, 1.54) is 16.0 Å². The maximum atomic E-state index is 5.44. The largest absolute Gasteiger partial charge is 0.493 e. The molecule has 0 radical (unpaired) electrons. The predicted octanol–water partition coefficient (Wildman–Crippen LogP) is 1.60. The Morgan fingerprint density at radius 1 is 1.29 bits per heavy atom. The van der Waals surface area contributed by atoms with Gasteiger partial charge in [0.25, 0.3) is 0 Å². The summed E-state index contributed by atoms with van der Waals surface area (Å²) >= 11 is 5.44. The number of quaternary nitrogens is 1. The second kappa shape index (κ2) is 8.12. The number of nitrogens with zero attached hydrogens (tertiary/aromatic N) is 3. The first-order chi connectivity index (χ1) is 11.5. The van der Waals surface area contributed by atoms with Gasteiger partial charge in [0.1, 0.15) is 12.9 Å². The van der Waals surface area contributed by atoms with Crippen LogP contribution in [0.2, 0.25) is 0 Å². The second-order valence-corrected chi connectivity index (χ2v) is 6.14. The highest BCUT2D eigenvalue weighted by Crippen LogP contribution is 2.29. The van der Waals surface area contributed by atoms with Crippen LogP contribution >= 0.6 is 12.2 Å². The standard InChI is InChI=1S/C17H24N4O2S/c1-6-7-20-11-18-21(17(20)24)12-19(3)10-14-9-16(23-5)15(22-4)8-13(14)2/h6,8-9,11H,1,7,10,12H2,2-5H3/p+1. The van der Waals surface area contributed by atoms with E-state index in [0.717, 1.165) is 18.0 Å². The highest BCUT2D eigenvalue weighted by Gasteiger charge is 2.13. The van der Waals surface area contributed by atoms with Gasteiger partial charge in [-0.2, -0.15) is 9.78 Å². The average molecular weight is 349 g/mol. The van der Waals surface area contributed by atoms with Crippen molar-refractivity contribution in [2.45, 2.75) is 26.7 Å². The Balaban J connectivity index is 2.14. The zero-order chi connectivity index (χ0) is 17.7. The molecule has 6 nitrogen and oxygen atoms in total. The summed E-state index contributed by atoms with van der Waals surface area (Å²) in [4.78, 5) is 1.27. The van der Waals surface area contributed by atoms with Gasteiger partial charge in [-0.1, -0.05) is 6.08 Å². The van der Waals surface area contributed by atoms with Crippen LogP contribution in [0.25, 0.3) is 0 Å². The molecule has 0 amide bonds. The van der Waals surface area contributed by atoms with E-state index in [4.69, 9.17) is 21.7 Å². The molecule has 0 aliphatic rings. The predicted molar refractivity (Wildman–Crippen MR) is 96.1 cm³/mol. The summed E-state index contributed by atoms with van der Waals surface area (Å²) in [6.07, 6.45) is 3.56. The van der Waals surface area contributed by atoms with Crippen molar-refractivity contribution in [2.24, 2.45) is 0 Å². The minimum Gasteiger partial charge on any atom is -0.493 e. The normalized spacial score (nSPS) is 12.0. The van der Waals surface area contributed by atoms with Crippen molar-refractivity contribution in [3.05, 3.63) is 47.0 Å². The number of hydrogen-bond acceptors (Lipinski definition) is 4. The monoisotopic (exact) mass is 349 g/mol. The number of methoxy groups -OCH3 is 2. The van der Waals surface area contributed by atoms with Crippen LogP contribution < -0.4 is 14.4 Å². The van der Waals surface area contributed by atoms with E-state index in [1.807, 2.05) is 27.5 Å². The number of ether oxygens (including phenoxy) is 2. The fraction of sp³-hybridized carbons (Fsp3) is 0.412. The molecule has 0 bridgehead atoms. The molecule has 1 aromatic carbocycles. The Bertz CT molecular complexity index is 766. The van der Waals surface area contributed by atoms with Crippen LogP contribution in [0.15, 0.2) is 31.1 Å². The number of hydrogen-bond donors (Lipinski definition) is 1. The summed E-state index contributed by atoms with van der Waals surface area (Å²) in [5.41, 5.74) is 2.38. The number of aromatic nitrogens is 3. The first-order valence-corrected chi connectivity index (χ1v) is 8.17. The van der Waals surface area contributed by atoms with Gasteiger partial charge in [-0.05, 0) is 36.8 Å². The molecule has 7 heteroatoms. The SMILES string of the molecule is C=CCn1cnn(C[NH+](C)Cc2cc(OC)c(OC)cc2C)c1=S. The molecule has 1 N–H and O–H groups in total. The van der Waals surface area contributed by atoms with E-state index in [1.54, 1.807) is 20.5 Å². The number of nitrogens with one attached hydrogen (secondary N) is 1. The Morgan fingerprint density at radius 2 is 1.96 bits per heavy atom. The Kier molecular flexibility index (Phi) is 6.16. The van der Waals surface area contributed by atoms with Gasteiger partial charge in [0.2, 0.25) is 4.77 Å². The molecular weight excluding hydrogens is 324 g/mol. The van der Waals surface area contributed by atoms with E-state index < -0.39 is 0 Å². The second-order valence-electron chi connectivity index (χ2n) is 5.78. The number of benzene rings is 1. The lowest BCUT2D eigenvalue weighted by Gasteiger charge is -2.17. The molecule has 0 spiro atoms. The van der Waals surface area contributed by atoms with E-state index in [0.29, 0.717) is 18.0 Å². The van der Waals surface area contributed by atoms with E-state index >= 15 is 0 Å². The molecule has 0 saturated heterocycles. The third-order valence-corrected chi connectivity index (χ3v) is 4.32. The lowest BCUT2D eigenvalue weighted by molar-refractivity contribution is -0.917. The molecule has 0 saturated carbocycles. The fourth-order valence-corrected chi connectivity index (χ4v) is 2.83. The van der Waals surface area contributed by atoms with Crippen LogP contribution in [-0.2, 0) is 19.8 Å². The molecule has 0 aliphatic carbocycles. The minimum absolute atomic E-state index is 0.673. The van der Waals surface area contributed by atoms with Crippen molar-refractivity contribution < 1.29 is 14.4 Å². The van der Waals surface area contributed by atoms with Crippen molar-refractivity contribution in [1.82, 2.24) is 14.3 Å². The maximum Gasteiger partial charge on any atom is 0.202 e. The smallest absolute Gasteiger partial charge is 0.202 e. The Hall–Kier alpha value is -2.12. The quantitative estimate of drug-likeness (QED) is 0.581. The highest BCUT2D eigenvalue weighted by molar-refractivity contribution is 7.71. The zero-order valence-electron chi connectivity index (χ0n) is 14.7. The van der Waals surface area contributed by atoms with Gasteiger partial charge < -0.3 is 18.9 Å². The average Bonchev–Trinajstić information content (AvgIpc) is 2.90. The van der Waals surface area contributed by atoms with Crippen LogP contribution in [0.4, 0.5) is 0 Å². The molecule has 0 aliphatic heterocycles. The third kappa shape index (κ3) is 4.04. The lowest BCUT2D eigenvalue weighted by Crippen LogP contribution is -3.07. The van der Waals surface area contributed by atoms with Crippen LogP contribution in [0.5, 0.6) is 11.5 Å². The highest BCUT2D eigenvalue weighted by atomic mass is 32.1. The van der Waals surface area contributed by atoms with Gasteiger partial charge in [0.05, 0.1) is 21.3 Å². The van der Waals surface area contributed by atoms with Crippen LogP contribution in [0.3, 0.4) is 0 Å². The summed E-state index contributed by atoms with van der Waals surface area (Å²) in [7, 11) is 5.42. The minimum atomic E-state index is 0.673. The van der Waals surface area contributed by atoms with Gasteiger partial charge >= 0.3 is 0 Å². The van der Waals surface area contributed by atoms with E-state index in [9.17, 15) is 0 Å². The molecule has 24 heavy (non-hydrogen) atoms. The first-order valence-electron chi connectivity index (χ1n) is 7.76. The lowest BCUT2D eigenvalue weighted by atomic mass is 10.1. The van der Waals surface area contributed by atoms with E-state index in [-0.39, 0.29) is 0 Å². The molecule has 1 heterocycles. The van der Waals surface area contributed by atoms with Gasteiger partial charge in [-0.3, -0.25) is 0 Å². The summed E-state index contributed by atoms with van der Waals surface area (Å²) < 4.78 is 15.2. The van der Waals surface area contributed by atoms with Crippen LogP contribution in [0.1, 0.15) is 11.1 Å². The molecule has 0 fully saturated rings. The van der Waals surface area contributed by atoms with Gasteiger partial charge in [0.15, 0.2) is 18.2 Å². The number of aryl methyl sites for hydroxylation is 1. The van der Waals surface area contributed by atoms with Crippen molar-refractivity contribution in [1.29, 1.82) is 0 Å². The molecular formula is C17H25N4O2S+. The zero-order valence-corrected chi connectivity index (χ0v) is 15.5. The van der Waals surface area contributed by atoms with Crippen molar-refractivity contribution >= 4 is 12.2 Å². The number of allylic oxidation sites excluding steroid dienone is 1. The van der Waals surface area contributed by atoms with Crippen LogP contribution in [0, 0.1) is 11.7 Å². The van der Waals surface area contributed by atoms with Gasteiger partial charge in [-0.25, -0.2) is 0 Å². The molecule has 2 aromatic rings. The van der Waals surface area contributed by atoms with Gasteiger partial charge in [-0.15, -0.1) is 6.58 Å². The topological polar surface area (TPSA) is 45.7 Å². The summed E-state index contributed by atoms with van der Waals surface area (Å²) in [6.45, 7) is 8.01. The van der Waals surface area contributed by atoms with Crippen molar-refractivity contribution in [2.75, 3.05) is 21.3 Å². The molecule has 1 aromatic heterocycles. The molecule has 1 atom stereocenters. The third-order valence-electron chi connectivity index (χ3n) is 3.88. The summed E-state index contributed by atoms with van der Waals surface area (Å²) in [5, 5.41) is 4.36. The summed E-state index contributed by atoms with van der Waals surface area (Å²) in [5.74, 6) is 1.50. The van der Waals surface area contributed by atoms with Crippen molar-refractivity contribution in [3.63, 3.8) is 0 Å². The molecule has 2 rings (SSSR count). The maximum absolute atomic E-state index is 5.44.